The average Bonchev–Trinajstić information content (AvgIpc) is 2.34. The first-order valence-electron chi connectivity index (χ1n) is 7.38. The average molecular weight is 272 g/mol. The Labute approximate surface area is 116 Å². The van der Waals surface area contributed by atoms with Crippen molar-refractivity contribution in [1.29, 1.82) is 0 Å². The van der Waals surface area contributed by atoms with E-state index in [1.165, 1.54) is 0 Å². The van der Waals surface area contributed by atoms with E-state index in [-0.39, 0.29) is 37.0 Å². The molecule has 0 aromatic heterocycles. The second-order valence-electron chi connectivity index (χ2n) is 5.03. The first-order valence-corrected chi connectivity index (χ1v) is 7.38. The van der Waals surface area contributed by atoms with Crippen molar-refractivity contribution in [2.24, 2.45) is 0 Å². The maximum absolute atomic E-state index is 11.5. The lowest BCUT2D eigenvalue weighted by molar-refractivity contribution is -0.155. The second-order valence-corrected chi connectivity index (χ2v) is 5.03. The summed E-state index contributed by atoms with van der Waals surface area (Å²) in [6.45, 7) is 7.89. The molecule has 0 saturated carbocycles. The number of carbonyl (C=O) groups is 2. The molecule has 0 fully saturated rings. The van der Waals surface area contributed by atoms with E-state index in [9.17, 15) is 9.59 Å². The molecule has 0 spiro atoms. The third-order valence-electron chi connectivity index (χ3n) is 2.86. The molecule has 112 valence electrons. The van der Waals surface area contributed by atoms with E-state index in [4.69, 9.17) is 9.47 Å². The van der Waals surface area contributed by atoms with Crippen LogP contribution in [0, 0.1) is 0 Å². The van der Waals surface area contributed by atoms with Crippen LogP contribution < -0.4 is 0 Å². The lowest BCUT2D eigenvalue weighted by Crippen LogP contribution is -2.18. The van der Waals surface area contributed by atoms with E-state index < -0.39 is 0 Å². The standard InChI is InChI=1S/C15H28O4/c1-5-7-9-13(4)19-15(17)11-10-14(16)18-12(3)8-6-2/h12-13H,5-11H2,1-4H3. The van der Waals surface area contributed by atoms with Crippen LogP contribution in [-0.4, -0.2) is 24.1 Å². The molecule has 0 bridgehead atoms. The molecule has 4 nitrogen and oxygen atoms in total. The summed E-state index contributed by atoms with van der Waals surface area (Å²) in [5.74, 6) is -0.636. The number of hydrogen-bond acceptors (Lipinski definition) is 4. The van der Waals surface area contributed by atoms with Crippen LogP contribution in [0.3, 0.4) is 0 Å². The van der Waals surface area contributed by atoms with Gasteiger partial charge in [0, 0.05) is 0 Å². The first kappa shape index (κ1) is 17.9. The van der Waals surface area contributed by atoms with Gasteiger partial charge in [-0.25, -0.2) is 0 Å². The van der Waals surface area contributed by atoms with Crippen LogP contribution in [0.4, 0.5) is 0 Å². The number of hydrogen-bond donors (Lipinski definition) is 0. The molecule has 0 aliphatic heterocycles. The van der Waals surface area contributed by atoms with Gasteiger partial charge in [0.25, 0.3) is 0 Å². The summed E-state index contributed by atoms with van der Waals surface area (Å²) in [6, 6.07) is 0. The molecular weight excluding hydrogens is 244 g/mol. The van der Waals surface area contributed by atoms with Gasteiger partial charge in [-0.3, -0.25) is 9.59 Å². The van der Waals surface area contributed by atoms with E-state index in [0.29, 0.717) is 0 Å². The number of carbonyl (C=O) groups excluding carboxylic acids is 2. The first-order chi connectivity index (χ1) is 8.99. The van der Waals surface area contributed by atoms with Crippen molar-refractivity contribution in [2.75, 3.05) is 0 Å². The van der Waals surface area contributed by atoms with Gasteiger partial charge >= 0.3 is 11.9 Å². The molecule has 0 heterocycles. The lowest BCUT2D eigenvalue weighted by atomic mass is 10.2. The molecular formula is C15H28O4. The van der Waals surface area contributed by atoms with Crippen molar-refractivity contribution >= 4 is 11.9 Å². The minimum absolute atomic E-state index is 0.0671. The minimum atomic E-state index is -0.320. The molecule has 0 aliphatic carbocycles. The van der Waals surface area contributed by atoms with E-state index in [1.807, 2.05) is 20.8 Å². The summed E-state index contributed by atoms with van der Waals surface area (Å²) in [5.41, 5.74) is 0. The topological polar surface area (TPSA) is 52.6 Å². The zero-order chi connectivity index (χ0) is 14.7. The largest absolute Gasteiger partial charge is 0.463 e. The Morgan fingerprint density at radius 3 is 1.74 bits per heavy atom. The van der Waals surface area contributed by atoms with Gasteiger partial charge in [-0.1, -0.05) is 33.1 Å². The lowest BCUT2D eigenvalue weighted by Gasteiger charge is -2.14. The van der Waals surface area contributed by atoms with Gasteiger partial charge < -0.3 is 9.47 Å². The summed E-state index contributed by atoms with van der Waals surface area (Å²) in [5, 5.41) is 0. The summed E-state index contributed by atoms with van der Waals surface area (Å²) >= 11 is 0. The van der Waals surface area contributed by atoms with Crippen molar-refractivity contribution in [1.82, 2.24) is 0 Å². The molecule has 0 amide bonds. The Kier molecular flexibility index (Phi) is 10.2. The quantitative estimate of drug-likeness (QED) is 0.570. The van der Waals surface area contributed by atoms with Crippen LogP contribution in [0.1, 0.15) is 72.6 Å². The van der Waals surface area contributed by atoms with Gasteiger partial charge in [-0.15, -0.1) is 0 Å². The number of unbranched alkanes of at least 4 members (excludes halogenated alkanes) is 1. The Balaban J connectivity index is 3.74. The van der Waals surface area contributed by atoms with Crippen molar-refractivity contribution in [3.05, 3.63) is 0 Å². The Morgan fingerprint density at radius 2 is 1.32 bits per heavy atom. The molecule has 2 unspecified atom stereocenters. The maximum Gasteiger partial charge on any atom is 0.306 e. The van der Waals surface area contributed by atoms with Crippen LogP contribution in [0.25, 0.3) is 0 Å². The summed E-state index contributed by atoms with van der Waals surface area (Å²) in [4.78, 5) is 23.0. The number of esters is 2. The highest BCUT2D eigenvalue weighted by molar-refractivity contribution is 5.77. The SMILES string of the molecule is CCCCC(C)OC(=O)CCC(=O)OC(C)CCC. The molecule has 19 heavy (non-hydrogen) atoms. The summed E-state index contributed by atoms with van der Waals surface area (Å²) < 4.78 is 10.4. The zero-order valence-electron chi connectivity index (χ0n) is 12.7. The molecule has 0 rings (SSSR count). The molecule has 4 heteroatoms. The highest BCUT2D eigenvalue weighted by Gasteiger charge is 2.14. The third-order valence-corrected chi connectivity index (χ3v) is 2.86. The van der Waals surface area contributed by atoms with Crippen LogP contribution >= 0.6 is 0 Å². The monoisotopic (exact) mass is 272 g/mol. The van der Waals surface area contributed by atoms with Crippen molar-refractivity contribution in [3.8, 4) is 0 Å². The number of rotatable bonds is 10. The van der Waals surface area contributed by atoms with Gasteiger partial charge in [0.15, 0.2) is 0 Å². The normalized spacial score (nSPS) is 13.7. The molecule has 0 aromatic rings. The zero-order valence-corrected chi connectivity index (χ0v) is 12.7. The van der Waals surface area contributed by atoms with Gasteiger partial charge in [0.05, 0.1) is 25.0 Å². The van der Waals surface area contributed by atoms with E-state index >= 15 is 0 Å². The summed E-state index contributed by atoms with van der Waals surface area (Å²) in [6.07, 6.45) is 4.91. The molecule has 0 saturated heterocycles. The van der Waals surface area contributed by atoms with Crippen LogP contribution in [0.2, 0.25) is 0 Å². The predicted octanol–water partition coefficient (Wildman–Crippen LogP) is 3.62. The highest BCUT2D eigenvalue weighted by atomic mass is 16.5. The fourth-order valence-corrected chi connectivity index (χ4v) is 1.79. The van der Waals surface area contributed by atoms with Gasteiger partial charge in [0.1, 0.15) is 0 Å². The third kappa shape index (κ3) is 10.5. The Morgan fingerprint density at radius 1 is 0.842 bits per heavy atom. The van der Waals surface area contributed by atoms with Crippen molar-refractivity contribution in [2.45, 2.75) is 84.8 Å². The molecule has 0 N–H and O–H groups in total. The van der Waals surface area contributed by atoms with Crippen molar-refractivity contribution < 1.29 is 19.1 Å². The Hall–Kier alpha value is -1.06. The molecule has 0 aliphatic rings. The molecule has 0 radical (unpaired) electrons. The predicted molar refractivity (Wildman–Crippen MR) is 74.8 cm³/mol. The summed E-state index contributed by atoms with van der Waals surface area (Å²) in [7, 11) is 0. The van der Waals surface area contributed by atoms with E-state index in [1.54, 1.807) is 0 Å². The smallest absolute Gasteiger partial charge is 0.306 e. The van der Waals surface area contributed by atoms with Crippen molar-refractivity contribution in [3.63, 3.8) is 0 Å². The van der Waals surface area contributed by atoms with Gasteiger partial charge in [0.2, 0.25) is 0 Å². The highest BCUT2D eigenvalue weighted by Crippen LogP contribution is 2.08. The minimum Gasteiger partial charge on any atom is -0.463 e. The second kappa shape index (κ2) is 10.8. The Bertz CT molecular complexity index is 263. The van der Waals surface area contributed by atoms with Crippen LogP contribution in [-0.2, 0) is 19.1 Å². The number of ether oxygens (including phenoxy) is 2. The molecule has 0 aromatic carbocycles. The van der Waals surface area contributed by atoms with Gasteiger partial charge in [-0.05, 0) is 26.7 Å². The van der Waals surface area contributed by atoms with Gasteiger partial charge in [-0.2, -0.15) is 0 Å². The van der Waals surface area contributed by atoms with Crippen LogP contribution in [0.5, 0.6) is 0 Å². The maximum atomic E-state index is 11.5. The fraction of sp³-hybridized carbons (Fsp3) is 0.867. The fourth-order valence-electron chi connectivity index (χ4n) is 1.79. The van der Waals surface area contributed by atoms with Crippen LogP contribution in [0.15, 0.2) is 0 Å². The van der Waals surface area contributed by atoms with E-state index in [2.05, 4.69) is 6.92 Å². The van der Waals surface area contributed by atoms with E-state index in [0.717, 1.165) is 32.1 Å². The molecule has 2 atom stereocenters.